The Hall–Kier alpha value is -2.33. The van der Waals surface area contributed by atoms with Gasteiger partial charge in [0.2, 0.25) is 0 Å². The van der Waals surface area contributed by atoms with E-state index in [0.717, 1.165) is 34.0 Å². The number of hydrogen-bond donors (Lipinski definition) is 1. The molecule has 0 aliphatic rings. The highest BCUT2D eigenvalue weighted by molar-refractivity contribution is 6.31. The van der Waals surface area contributed by atoms with Gasteiger partial charge in [0.25, 0.3) is 0 Å². The van der Waals surface area contributed by atoms with Crippen molar-refractivity contribution in [3.63, 3.8) is 0 Å². The fourth-order valence-electron chi connectivity index (χ4n) is 2.45. The van der Waals surface area contributed by atoms with Gasteiger partial charge >= 0.3 is 0 Å². The SMILES string of the molecule is COc1ccc(OC)c(/C=C(/Cl)Cc2ccc(N)c(N(C)C)c2)c1. The molecule has 0 fully saturated rings. The van der Waals surface area contributed by atoms with Gasteiger partial charge in [0.05, 0.1) is 25.6 Å². The van der Waals surface area contributed by atoms with Gasteiger partial charge in [-0.05, 0) is 42.0 Å². The van der Waals surface area contributed by atoms with E-state index in [2.05, 4.69) is 0 Å². The molecule has 0 aliphatic heterocycles. The minimum absolute atomic E-state index is 0.614. The molecule has 128 valence electrons. The van der Waals surface area contributed by atoms with Crippen LogP contribution in [0.25, 0.3) is 6.08 Å². The minimum Gasteiger partial charge on any atom is -0.497 e. The molecular formula is C19H23ClN2O2. The second kappa shape index (κ2) is 7.97. The average molecular weight is 347 g/mol. The first kappa shape index (κ1) is 18.0. The van der Waals surface area contributed by atoms with Crippen LogP contribution in [-0.2, 0) is 6.42 Å². The molecule has 0 spiro atoms. The van der Waals surface area contributed by atoms with E-state index in [4.69, 9.17) is 26.8 Å². The van der Waals surface area contributed by atoms with Crippen LogP contribution in [0.15, 0.2) is 41.4 Å². The van der Waals surface area contributed by atoms with E-state index >= 15 is 0 Å². The highest BCUT2D eigenvalue weighted by atomic mass is 35.5. The van der Waals surface area contributed by atoms with E-state index < -0.39 is 0 Å². The van der Waals surface area contributed by atoms with E-state index in [-0.39, 0.29) is 0 Å². The van der Waals surface area contributed by atoms with Gasteiger partial charge in [0.15, 0.2) is 0 Å². The summed E-state index contributed by atoms with van der Waals surface area (Å²) in [6.45, 7) is 0. The summed E-state index contributed by atoms with van der Waals surface area (Å²) in [5.41, 5.74) is 9.70. The lowest BCUT2D eigenvalue weighted by atomic mass is 10.1. The molecule has 0 saturated carbocycles. The van der Waals surface area contributed by atoms with Gasteiger partial charge in [0, 0.05) is 31.1 Å². The Morgan fingerprint density at radius 2 is 1.88 bits per heavy atom. The van der Waals surface area contributed by atoms with Crippen LogP contribution in [0.5, 0.6) is 11.5 Å². The number of hydrogen-bond acceptors (Lipinski definition) is 4. The number of ether oxygens (including phenoxy) is 2. The molecule has 0 radical (unpaired) electrons. The number of nitrogens with two attached hydrogens (primary N) is 1. The summed E-state index contributed by atoms with van der Waals surface area (Å²) in [6, 6.07) is 11.6. The lowest BCUT2D eigenvalue weighted by Gasteiger charge is -2.16. The zero-order valence-electron chi connectivity index (χ0n) is 14.5. The van der Waals surface area contributed by atoms with Crippen molar-refractivity contribution in [3.05, 3.63) is 52.6 Å². The second-order valence-electron chi connectivity index (χ2n) is 5.66. The van der Waals surface area contributed by atoms with Crippen LogP contribution < -0.4 is 20.1 Å². The van der Waals surface area contributed by atoms with E-state index in [0.29, 0.717) is 11.5 Å². The largest absolute Gasteiger partial charge is 0.497 e. The lowest BCUT2D eigenvalue weighted by Crippen LogP contribution is -2.11. The molecular weight excluding hydrogens is 324 g/mol. The van der Waals surface area contributed by atoms with E-state index in [9.17, 15) is 0 Å². The zero-order chi connectivity index (χ0) is 17.7. The van der Waals surface area contributed by atoms with Gasteiger partial charge < -0.3 is 20.1 Å². The van der Waals surface area contributed by atoms with Crippen LogP contribution in [0.3, 0.4) is 0 Å². The number of benzene rings is 2. The third-order valence-electron chi connectivity index (χ3n) is 3.70. The molecule has 2 aromatic rings. The Morgan fingerprint density at radius 1 is 1.12 bits per heavy atom. The first-order valence-electron chi connectivity index (χ1n) is 7.58. The summed E-state index contributed by atoms with van der Waals surface area (Å²) in [5, 5.41) is 0.705. The van der Waals surface area contributed by atoms with Crippen molar-refractivity contribution >= 4 is 29.1 Å². The maximum absolute atomic E-state index is 6.47. The van der Waals surface area contributed by atoms with Crippen LogP contribution >= 0.6 is 11.6 Å². The van der Waals surface area contributed by atoms with Crippen molar-refractivity contribution in [3.8, 4) is 11.5 Å². The van der Waals surface area contributed by atoms with Gasteiger partial charge in [-0.3, -0.25) is 0 Å². The lowest BCUT2D eigenvalue weighted by molar-refractivity contribution is 0.402. The topological polar surface area (TPSA) is 47.7 Å². The summed E-state index contributed by atoms with van der Waals surface area (Å²) < 4.78 is 10.6. The number of nitrogen functional groups attached to an aromatic ring is 1. The molecule has 24 heavy (non-hydrogen) atoms. The minimum atomic E-state index is 0.614. The fraction of sp³-hybridized carbons (Fsp3) is 0.263. The van der Waals surface area contributed by atoms with Gasteiger partial charge in [-0.2, -0.15) is 0 Å². The van der Waals surface area contributed by atoms with Crippen LogP contribution in [0.2, 0.25) is 0 Å². The van der Waals surface area contributed by atoms with Crippen LogP contribution in [-0.4, -0.2) is 28.3 Å². The van der Waals surface area contributed by atoms with Gasteiger partial charge in [-0.25, -0.2) is 0 Å². The predicted octanol–water partition coefficient (Wildman–Crippen LogP) is 4.17. The Balaban J connectivity index is 2.28. The smallest absolute Gasteiger partial charge is 0.126 e. The highest BCUT2D eigenvalue weighted by Gasteiger charge is 2.07. The molecule has 2 aromatic carbocycles. The maximum Gasteiger partial charge on any atom is 0.126 e. The molecule has 4 nitrogen and oxygen atoms in total. The molecule has 0 heterocycles. The molecule has 5 heteroatoms. The number of methoxy groups -OCH3 is 2. The third kappa shape index (κ3) is 4.36. The average Bonchev–Trinajstić information content (AvgIpc) is 2.56. The molecule has 0 aliphatic carbocycles. The summed E-state index contributed by atoms with van der Waals surface area (Å²) in [6.07, 6.45) is 2.51. The Labute approximate surface area is 148 Å². The molecule has 0 unspecified atom stereocenters. The van der Waals surface area contributed by atoms with Crippen LogP contribution in [0.1, 0.15) is 11.1 Å². The number of allylic oxidation sites excluding steroid dienone is 1. The van der Waals surface area contributed by atoms with Crippen molar-refractivity contribution < 1.29 is 9.47 Å². The molecule has 0 atom stereocenters. The summed E-state index contributed by atoms with van der Waals surface area (Å²) in [7, 11) is 7.20. The normalized spacial score (nSPS) is 11.3. The number of rotatable bonds is 6. The van der Waals surface area contributed by atoms with Gasteiger partial charge in [-0.1, -0.05) is 17.7 Å². The summed E-state index contributed by atoms with van der Waals surface area (Å²) in [4.78, 5) is 1.99. The molecule has 0 saturated heterocycles. The van der Waals surface area contributed by atoms with E-state index in [1.807, 2.05) is 61.5 Å². The maximum atomic E-state index is 6.47. The van der Waals surface area contributed by atoms with Crippen molar-refractivity contribution in [1.82, 2.24) is 0 Å². The highest BCUT2D eigenvalue weighted by Crippen LogP contribution is 2.29. The number of nitrogens with zero attached hydrogens (tertiary/aromatic N) is 1. The first-order valence-corrected chi connectivity index (χ1v) is 7.96. The van der Waals surface area contributed by atoms with E-state index in [1.165, 1.54) is 0 Å². The number of anilines is 2. The quantitative estimate of drug-likeness (QED) is 0.797. The molecule has 2 N–H and O–H groups in total. The van der Waals surface area contributed by atoms with Crippen molar-refractivity contribution in [1.29, 1.82) is 0 Å². The molecule has 0 aromatic heterocycles. The molecule has 2 rings (SSSR count). The zero-order valence-corrected chi connectivity index (χ0v) is 15.2. The van der Waals surface area contributed by atoms with Crippen molar-refractivity contribution in [2.75, 3.05) is 38.9 Å². The number of halogens is 1. The van der Waals surface area contributed by atoms with Crippen molar-refractivity contribution in [2.24, 2.45) is 0 Å². The fourth-order valence-corrected chi connectivity index (χ4v) is 2.73. The molecule has 0 amide bonds. The third-order valence-corrected chi connectivity index (χ3v) is 3.94. The summed E-state index contributed by atoms with van der Waals surface area (Å²) in [5.74, 6) is 1.51. The summed E-state index contributed by atoms with van der Waals surface area (Å²) >= 11 is 6.47. The van der Waals surface area contributed by atoms with Gasteiger partial charge in [0.1, 0.15) is 11.5 Å². The van der Waals surface area contributed by atoms with Gasteiger partial charge in [-0.15, -0.1) is 0 Å². The Morgan fingerprint density at radius 3 is 2.50 bits per heavy atom. The predicted molar refractivity (Wildman–Crippen MR) is 102 cm³/mol. The monoisotopic (exact) mass is 346 g/mol. The Kier molecular flexibility index (Phi) is 5.99. The molecule has 0 bridgehead atoms. The second-order valence-corrected chi connectivity index (χ2v) is 6.15. The Bertz CT molecular complexity index is 742. The van der Waals surface area contributed by atoms with Crippen LogP contribution in [0, 0.1) is 0 Å². The first-order chi connectivity index (χ1) is 11.4. The standard InChI is InChI=1S/C19H23ClN2O2/c1-22(2)18-10-13(5-7-17(18)21)9-15(20)11-14-12-16(23-3)6-8-19(14)24-4/h5-8,10-12H,9,21H2,1-4H3/b15-11+. The van der Waals surface area contributed by atoms with Crippen LogP contribution in [0.4, 0.5) is 11.4 Å². The van der Waals surface area contributed by atoms with E-state index in [1.54, 1.807) is 14.2 Å². The van der Waals surface area contributed by atoms with Crippen molar-refractivity contribution in [2.45, 2.75) is 6.42 Å².